The topological polar surface area (TPSA) is 60.4 Å². The number of hydrogen-bond donors (Lipinski definition) is 0. The smallest absolute Gasteiger partial charge is 0.162 e. The van der Waals surface area contributed by atoms with Crippen molar-refractivity contribution in [3.05, 3.63) is 12.2 Å². The Bertz CT molecular complexity index is 535. The summed E-state index contributed by atoms with van der Waals surface area (Å²) in [5.41, 5.74) is -0.544. The highest BCUT2D eigenvalue weighted by molar-refractivity contribution is 6.10. The second-order valence-electron chi connectivity index (χ2n) is 6.58. The van der Waals surface area contributed by atoms with Crippen molar-refractivity contribution in [3.63, 3.8) is 0 Å². The lowest BCUT2D eigenvalue weighted by Crippen LogP contribution is -2.51. The van der Waals surface area contributed by atoms with E-state index < -0.39 is 23.5 Å². The van der Waals surface area contributed by atoms with Crippen LogP contribution in [0.3, 0.4) is 0 Å². The number of carbonyl (C=O) groups excluding carboxylic acids is 3. The summed E-state index contributed by atoms with van der Waals surface area (Å²) in [7, 11) is 0. The molecule has 4 heteroatoms. The van der Waals surface area contributed by atoms with Crippen LogP contribution in [-0.4, -0.2) is 29.1 Å². The van der Waals surface area contributed by atoms with Gasteiger partial charge in [-0.3, -0.25) is 14.4 Å². The number of allylic oxidation sites excluding steroid dienone is 2. The van der Waals surface area contributed by atoms with Gasteiger partial charge in [0, 0.05) is 6.42 Å². The predicted molar refractivity (Wildman–Crippen MR) is 69.9 cm³/mol. The van der Waals surface area contributed by atoms with Crippen molar-refractivity contribution >= 4 is 17.3 Å². The lowest BCUT2D eigenvalue weighted by Gasteiger charge is -2.44. The molecule has 2 saturated heterocycles. The first-order valence-electron chi connectivity index (χ1n) is 7.60. The van der Waals surface area contributed by atoms with E-state index in [1.165, 1.54) is 12.2 Å². The van der Waals surface area contributed by atoms with Crippen molar-refractivity contribution in [1.82, 2.24) is 0 Å². The average molecular weight is 274 g/mol. The second-order valence-corrected chi connectivity index (χ2v) is 6.58. The molecule has 2 bridgehead atoms. The monoisotopic (exact) mass is 274 g/mol. The lowest BCUT2D eigenvalue weighted by molar-refractivity contribution is -0.145. The minimum atomic E-state index is -0.676. The van der Waals surface area contributed by atoms with Crippen LogP contribution in [0.15, 0.2) is 12.2 Å². The van der Waals surface area contributed by atoms with Crippen LogP contribution in [0.1, 0.15) is 38.5 Å². The third-order valence-electron chi connectivity index (χ3n) is 5.72. The Balaban J connectivity index is 1.87. The molecule has 0 aromatic rings. The molecule has 4 rings (SSSR count). The first kappa shape index (κ1) is 12.5. The fourth-order valence-corrected chi connectivity index (χ4v) is 4.89. The molecule has 1 spiro atoms. The Morgan fingerprint density at radius 2 is 1.85 bits per heavy atom. The van der Waals surface area contributed by atoms with Crippen molar-refractivity contribution in [2.24, 2.45) is 17.8 Å². The van der Waals surface area contributed by atoms with Crippen LogP contribution in [-0.2, 0) is 19.1 Å². The predicted octanol–water partition coefficient (Wildman–Crippen LogP) is 1.62. The molecule has 3 fully saturated rings. The first-order valence-corrected chi connectivity index (χ1v) is 7.60. The fraction of sp³-hybridized carbons (Fsp3) is 0.688. The molecular formula is C16H18O4. The van der Waals surface area contributed by atoms with Crippen LogP contribution >= 0.6 is 0 Å². The van der Waals surface area contributed by atoms with Crippen LogP contribution in [0.2, 0.25) is 0 Å². The van der Waals surface area contributed by atoms with Crippen LogP contribution in [0, 0.1) is 17.8 Å². The van der Waals surface area contributed by atoms with E-state index in [4.69, 9.17) is 4.74 Å². The van der Waals surface area contributed by atoms with Crippen LogP contribution in [0.5, 0.6) is 0 Å². The maximum Gasteiger partial charge on any atom is 0.162 e. The van der Waals surface area contributed by atoms with Gasteiger partial charge in [0.15, 0.2) is 17.3 Å². The van der Waals surface area contributed by atoms with E-state index in [2.05, 4.69) is 0 Å². The van der Waals surface area contributed by atoms with Gasteiger partial charge in [0.05, 0.1) is 17.4 Å². The van der Waals surface area contributed by atoms with E-state index in [1.807, 2.05) is 0 Å². The summed E-state index contributed by atoms with van der Waals surface area (Å²) >= 11 is 0. The van der Waals surface area contributed by atoms with Crippen molar-refractivity contribution in [3.8, 4) is 0 Å². The van der Waals surface area contributed by atoms with Gasteiger partial charge >= 0.3 is 0 Å². The van der Waals surface area contributed by atoms with Gasteiger partial charge in [0.25, 0.3) is 0 Å². The highest BCUT2D eigenvalue weighted by Gasteiger charge is 2.65. The number of fused-ring (bicyclic) bond motifs is 3. The van der Waals surface area contributed by atoms with Crippen molar-refractivity contribution in [2.45, 2.75) is 50.2 Å². The van der Waals surface area contributed by atoms with Crippen LogP contribution in [0.25, 0.3) is 0 Å². The maximum absolute atomic E-state index is 12.4. The molecule has 0 aromatic carbocycles. The van der Waals surface area contributed by atoms with E-state index in [0.29, 0.717) is 6.42 Å². The van der Waals surface area contributed by atoms with Gasteiger partial charge in [-0.1, -0.05) is 12.8 Å². The van der Waals surface area contributed by atoms with E-state index in [-0.39, 0.29) is 23.3 Å². The molecule has 4 aliphatic rings. The third kappa shape index (κ3) is 1.43. The standard InChI is InChI=1S/C16H18O4/c17-10-6-7-11(18)14-13(10)15-12(19)5-4-9-3-1-2-8-16(9,14)20-15/h6-7,9,13-15H,1-5,8H2/t9?,13-,14+,15+,16-/m1/s1. The van der Waals surface area contributed by atoms with Gasteiger partial charge < -0.3 is 4.74 Å². The molecule has 4 nitrogen and oxygen atoms in total. The summed E-state index contributed by atoms with van der Waals surface area (Å²) in [5, 5.41) is 0. The van der Waals surface area contributed by atoms with Crippen molar-refractivity contribution in [1.29, 1.82) is 0 Å². The van der Waals surface area contributed by atoms with Crippen molar-refractivity contribution < 1.29 is 19.1 Å². The summed E-state index contributed by atoms with van der Waals surface area (Å²) in [6.07, 6.45) is 7.33. The molecule has 0 N–H and O–H groups in total. The van der Waals surface area contributed by atoms with E-state index in [1.54, 1.807) is 0 Å². The van der Waals surface area contributed by atoms with Crippen molar-refractivity contribution in [2.75, 3.05) is 0 Å². The van der Waals surface area contributed by atoms with Crippen LogP contribution in [0.4, 0.5) is 0 Å². The summed E-state index contributed by atoms with van der Waals surface area (Å²) in [6.45, 7) is 0. The zero-order valence-electron chi connectivity index (χ0n) is 11.3. The minimum Gasteiger partial charge on any atom is -0.362 e. The molecule has 20 heavy (non-hydrogen) atoms. The number of rotatable bonds is 0. The minimum absolute atomic E-state index is 0.0151. The molecular weight excluding hydrogens is 256 g/mol. The van der Waals surface area contributed by atoms with Gasteiger partial charge in [0.1, 0.15) is 6.10 Å². The van der Waals surface area contributed by atoms with E-state index >= 15 is 0 Å². The first-order chi connectivity index (χ1) is 9.63. The number of ether oxygens (including phenoxy) is 1. The zero-order valence-corrected chi connectivity index (χ0v) is 11.3. The normalized spacial score (nSPS) is 46.9. The molecule has 0 aromatic heterocycles. The zero-order chi connectivity index (χ0) is 13.9. The molecule has 5 atom stereocenters. The molecule has 106 valence electrons. The maximum atomic E-state index is 12.4. The Hall–Kier alpha value is -1.29. The van der Waals surface area contributed by atoms with Crippen LogP contribution < -0.4 is 0 Å². The van der Waals surface area contributed by atoms with E-state index in [0.717, 1.165) is 32.1 Å². The van der Waals surface area contributed by atoms with E-state index in [9.17, 15) is 14.4 Å². The largest absolute Gasteiger partial charge is 0.362 e. The Kier molecular flexibility index (Phi) is 2.56. The fourth-order valence-electron chi connectivity index (χ4n) is 4.89. The highest BCUT2D eigenvalue weighted by Crippen LogP contribution is 2.56. The highest BCUT2D eigenvalue weighted by atomic mass is 16.5. The van der Waals surface area contributed by atoms with Gasteiger partial charge in [0.2, 0.25) is 0 Å². The summed E-state index contributed by atoms with van der Waals surface area (Å²) in [6, 6.07) is 0. The van der Waals surface area contributed by atoms with Gasteiger partial charge in [-0.15, -0.1) is 0 Å². The van der Waals surface area contributed by atoms with Gasteiger partial charge in [-0.05, 0) is 37.3 Å². The average Bonchev–Trinajstić information content (AvgIpc) is 2.70. The molecule has 2 aliphatic heterocycles. The SMILES string of the molecule is O=C1C=CC(=O)[C@H]2[C@@H]1[C@H]1O[C@@]23CCCCC3CCC1=O. The molecule has 0 amide bonds. The second kappa shape index (κ2) is 4.10. The summed E-state index contributed by atoms with van der Waals surface area (Å²) in [4.78, 5) is 36.9. The molecule has 1 unspecified atom stereocenters. The quantitative estimate of drug-likeness (QED) is 0.673. The number of ketones is 3. The lowest BCUT2D eigenvalue weighted by atomic mass is 9.60. The molecule has 2 heterocycles. The molecule has 1 saturated carbocycles. The number of Topliss-reactive ketones (excluding diaryl/α,β-unsaturated/α-hetero) is 1. The number of hydrogen-bond acceptors (Lipinski definition) is 4. The number of carbonyl (C=O) groups is 3. The molecule has 2 aliphatic carbocycles. The third-order valence-corrected chi connectivity index (χ3v) is 5.72. The van der Waals surface area contributed by atoms with Gasteiger partial charge in [-0.2, -0.15) is 0 Å². The van der Waals surface area contributed by atoms with Gasteiger partial charge in [-0.25, -0.2) is 0 Å². The Morgan fingerprint density at radius 1 is 1.05 bits per heavy atom. The summed E-state index contributed by atoms with van der Waals surface area (Å²) in [5.74, 6) is -0.818. The Morgan fingerprint density at radius 3 is 2.70 bits per heavy atom. The Labute approximate surface area is 117 Å². The summed E-state index contributed by atoms with van der Waals surface area (Å²) < 4.78 is 6.18. The molecule has 0 radical (unpaired) electrons.